The molecule has 0 saturated carbocycles. The Kier molecular flexibility index (Phi) is 2.77. The van der Waals surface area contributed by atoms with E-state index in [0.717, 1.165) is 16.5 Å². The average Bonchev–Trinajstić information content (AvgIpc) is 3.05. The Balaban J connectivity index is 1.77. The summed E-state index contributed by atoms with van der Waals surface area (Å²) in [6.45, 7) is 0.219. The van der Waals surface area contributed by atoms with E-state index in [9.17, 15) is 4.79 Å². The minimum absolute atomic E-state index is 0.219. The smallest absolute Gasteiger partial charge is 0.350 e. The molecule has 0 aliphatic rings. The molecule has 2 heterocycles. The highest BCUT2D eigenvalue weighted by Crippen LogP contribution is 2.17. The van der Waals surface area contributed by atoms with Gasteiger partial charge in [-0.25, -0.2) is 4.79 Å². The molecule has 0 radical (unpaired) electrons. The number of aromatic amines is 1. The number of nitrogens with zero attached hydrogens (tertiary/aromatic N) is 2. The Morgan fingerprint density at radius 1 is 1.39 bits per heavy atom. The first-order chi connectivity index (χ1) is 8.84. The third-order valence-corrected chi connectivity index (χ3v) is 3.31. The lowest BCUT2D eigenvalue weighted by Crippen LogP contribution is -2.03. The van der Waals surface area contributed by atoms with Crippen LogP contribution in [0.5, 0.6) is 0 Å². The molecule has 0 amide bonds. The van der Waals surface area contributed by atoms with E-state index in [1.807, 2.05) is 18.2 Å². The predicted octanol–water partition coefficient (Wildman–Crippen LogP) is 2.38. The molecule has 1 aromatic carbocycles. The molecule has 3 aromatic rings. The summed E-state index contributed by atoms with van der Waals surface area (Å²) in [4.78, 5) is 16.0. The quantitative estimate of drug-likeness (QED) is 0.733. The summed E-state index contributed by atoms with van der Waals surface area (Å²) in [6.07, 6.45) is 3.24. The van der Waals surface area contributed by atoms with Gasteiger partial charge < -0.3 is 4.74 Å². The number of thiazole rings is 1. The first-order valence-electron chi connectivity index (χ1n) is 5.31. The lowest BCUT2D eigenvalue weighted by atomic mass is 10.1. The van der Waals surface area contributed by atoms with Gasteiger partial charge in [-0.05, 0) is 0 Å². The monoisotopic (exact) mass is 259 g/mol. The number of fused-ring (bicyclic) bond motifs is 1. The molecule has 0 fully saturated rings. The largest absolute Gasteiger partial charge is 0.457 e. The minimum atomic E-state index is -0.353. The molecule has 0 aliphatic carbocycles. The van der Waals surface area contributed by atoms with Crippen molar-refractivity contribution in [2.24, 2.45) is 0 Å². The van der Waals surface area contributed by atoms with Gasteiger partial charge in [0.1, 0.15) is 11.5 Å². The van der Waals surface area contributed by atoms with Crippen molar-refractivity contribution in [1.29, 1.82) is 0 Å². The zero-order valence-electron chi connectivity index (χ0n) is 9.29. The Bertz CT molecular complexity index is 676. The Morgan fingerprint density at radius 3 is 3.17 bits per heavy atom. The Hall–Kier alpha value is -2.21. The molecule has 0 unspecified atom stereocenters. The molecule has 5 nitrogen and oxygen atoms in total. The SMILES string of the molecule is O=C(OCc1cccc2cn[nH]c12)c1cncs1. The number of H-pyrrole nitrogens is 1. The molecule has 0 saturated heterocycles. The fourth-order valence-corrected chi connectivity index (χ4v) is 2.19. The summed E-state index contributed by atoms with van der Waals surface area (Å²) >= 11 is 1.27. The number of aromatic nitrogens is 3. The highest BCUT2D eigenvalue weighted by Gasteiger charge is 2.10. The molecule has 18 heavy (non-hydrogen) atoms. The number of ether oxygens (including phenoxy) is 1. The first kappa shape index (κ1) is 10.9. The number of hydrogen-bond acceptors (Lipinski definition) is 5. The summed E-state index contributed by atoms with van der Waals surface area (Å²) in [5.41, 5.74) is 3.41. The summed E-state index contributed by atoms with van der Waals surface area (Å²) in [7, 11) is 0. The van der Waals surface area contributed by atoms with E-state index >= 15 is 0 Å². The van der Waals surface area contributed by atoms with Crippen LogP contribution < -0.4 is 0 Å². The van der Waals surface area contributed by atoms with Gasteiger partial charge in [-0.2, -0.15) is 5.10 Å². The van der Waals surface area contributed by atoms with Crippen molar-refractivity contribution in [1.82, 2.24) is 15.2 Å². The number of benzene rings is 1. The molecule has 0 spiro atoms. The maximum atomic E-state index is 11.7. The van der Waals surface area contributed by atoms with Crippen LogP contribution in [0.3, 0.4) is 0 Å². The Labute approximate surface area is 106 Å². The second-order valence-electron chi connectivity index (χ2n) is 3.69. The summed E-state index contributed by atoms with van der Waals surface area (Å²) in [5.74, 6) is -0.353. The van der Waals surface area contributed by atoms with E-state index < -0.39 is 0 Å². The van der Waals surface area contributed by atoms with Gasteiger partial charge in [0, 0.05) is 10.9 Å². The van der Waals surface area contributed by atoms with E-state index in [0.29, 0.717) is 4.88 Å². The highest BCUT2D eigenvalue weighted by molar-refractivity contribution is 7.11. The second-order valence-corrected chi connectivity index (χ2v) is 4.58. The molecule has 0 aliphatic heterocycles. The third-order valence-electron chi connectivity index (χ3n) is 2.56. The van der Waals surface area contributed by atoms with Gasteiger partial charge in [0.2, 0.25) is 0 Å². The van der Waals surface area contributed by atoms with Crippen LogP contribution in [0.2, 0.25) is 0 Å². The lowest BCUT2D eigenvalue weighted by molar-refractivity contribution is 0.0480. The van der Waals surface area contributed by atoms with E-state index in [1.54, 1.807) is 11.7 Å². The molecule has 90 valence electrons. The van der Waals surface area contributed by atoms with Crippen LogP contribution in [-0.4, -0.2) is 21.2 Å². The minimum Gasteiger partial charge on any atom is -0.457 e. The molecule has 3 rings (SSSR count). The number of esters is 1. The normalized spacial score (nSPS) is 10.7. The highest BCUT2D eigenvalue weighted by atomic mass is 32.1. The molecular weight excluding hydrogens is 250 g/mol. The van der Waals surface area contributed by atoms with Crippen LogP contribution in [0.25, 0.3) is 10.9 Å². The fraction of sp³-hybridized carbons (Fsp3) is 0.0833. The number of rotatable bonds is 3. The topological polar surface area (TPSA) is 67.9 Å². The summed E-state index contributed by atoms with van der Waals surface area (Å²) in [5, 5.41) is 7.86. The van der Waals surface area contributed by atoms with Gasteiger partial charge in [0.05, 0.1) is 23.4 Å². The van der Waals surface area contributed by atoms with Crippen molar-refractivity contribution < 1.29 is 9.53 Å². The zero-order valence-corrected chi connectivity index (χ0v) is 10.1. The first-order valence-corrected chi connectivity index (χ1v) is 6.19. The second kappa shape index (κ2) is 4.58. The van der Waals surface area contributed by atoms with Crippen molar-refractivity contribution in [2.75, 3.05) is 0 Å². The summed E-state index contributed by atoms with van der Waals surface area (Å²) < 4.78 is 5.23. The van der Waals surface area contributed by atoms with E-state index in [-0.39, 0.29) is 12.6 Å². The zero-order chi connectivity index (χ0) is 12.4. The molecule has 6 heteroatoms. The molecular formula is C12H9N3O2S. The van der Waals surface area contributed by atoms with Crippen LogP contribution in [0.1, 0.15) is 15.2 Å². The maximum Gasteiger partial charge on any atom is 0.350 e. The van der Waals surface area contributed by atoms with Crippen LogP contribution in [-0.2, 0) is 11.3 Å². The van der Waals surface area contributed by atoms with Crippen molar-refractivity contribution >= 4 is 28.2 Å². The van der Waals surface area contributed by atoms with Gasteiger partial charge >= 0.3 is 5.97 Å². The van der Waals surface area contributed by atoms with E-state index in [2.05, 4.69) is 15.2 Å². The average molecular weight is 259 g/mol. The maximum absolute atomic E-state index is 11.7. The Morgan fingerprint density at radius 2 is 2.33 bits per heavy atom. The fourth-order valence-electron chi connectivity index (χ4n) is 1.68. The molecule has 2 aromatic heterocycles. The molecule has 0 atom stereocenters. The summed E-state index contributed by atoms with van der Waals surface area (Å²) in [6, 6.07) is 5.77. The number of hydrogen-bond donors (Lipinski definition) is 1. The number of carbonyl (C=O) groups is 1. The van der Waals surface area contributed by atoms with Gasteiger partial charge in [-0.15, -0.1) is 11.3 Å². The van der Waals surface area contributed by atoms with Crippen molar-refractivity contribution in [2.45, 2.75) is 6.61 Å². The number of nitrogens with one attached hydrogen (secondary N) is 1. The standard InChI is InChI=1S/C12H9N3O2S/c16-12(10-5-13-7-18-10)17-6-9-3-1-2-8-4-14-15-11(8)9/h1-5,7H,6H2,(H,14,15). The van der Waals surface area contributed by atoms with Gasteiger partial charge in [-0.1, -0.05) is 18.2 Å². The van der Waals surface area contributed by atoms with Gasteiger partial charge in [0.15, 0.2) is 0 Å². The van der Waals surface area contributed by atoms with Crippen LogP contribution in [0.15, 0.2) is 36.1 Å². The van der Waals surface area contributed by atoms with Crippen molar-refractivity contribution in [3.63, 3.8) is 0 Å². The van der Waals surface area contributed by atoms with Crippen LogP contribution in [0, 0.1) is 0 Å². The van der Waals surface area contributed by atoms with Crippen LogP contribution >= 0.6 is 11.3 Å². The third kappa shape index (κ3) is 1.98. The van der Waals surface area contributed by atoms with Crippen molar-refractivity contribution in [3.05, 3.63) is 46.5 Å². The van der Waals surface area contributed by atoms with Gasteiger partial charge in [0.25, 0.3) is 0 Å². The van der Waals surface area contributed by atoms with E-state index in [4.69, 9.17) is 4.74 Å². The number of para-hydroxylation sites is 1. The molecule has 1 N–H and O–H groups in total. The lowest BCUT2D eigenvalue weighted by Gasteiger charge is -2.04. The van der Waals surface area contributed by atoms with Crippen molar-refractivity contribution in [3.8, 4) is 0 Å². The van der Waals surface area contributed by atoms with Crippen LogP contribution in [0.4, 0.5) is 0 Å². The number of carbonyl (C=O) groups excluding carboxylic acids is 1. The van der Waals surface area contributed by atoms with Gasteiger partial charge in [-0.3, -0.25) is 10.1 Å². The molecule has 0 bridgehead atoms. The van der Waals surface area contributed by atoms with E-state index in [1.165, 1.54) is 17.5 Å². The predicted molar refractivity (Wildman–Crippen MR) is 67.3 cm³/mol.